The van der Waals surface area contributed by atoms with Crippen LogP contribution >= 0.6 is 0 Å². The highest BCUT2D eigenvalue weighted by Gasteiger charge is 2.32. The molecule has 2 heterocycles. The van der Waals surface area contributed by atoms with Gasteiger partial charge in [0.2, 0.25) is 0 Å². The normalized spacial score (nSPS) is 17.1. The average Bonchev–Trinajstić information content (AvgIpc) is 3.11. The second kappa shape index (κ2) is 8.38. The van der Waals surface area contributed by atoms with Gasteiger partial charge in [-0.05, 0) is 50.7 Å². The van der Waals surface area contributed by atoms with Crippen molar-refractivity contribution < 1.29 is 9.53 Å². The van der Waals surface area contributed by atoms with Gasteiger partial charge in [0.25, 0.3) is 5.91 Å². The molecule has 6 nitrogen and oxygen atoms in total. The number of ether oxygens (including phenoxy) is 1. The zero-order chi connectivity index (χ0) is 18.5. The Hall–Kier alpha value is -2.31. The molecule has 0 radical (unpaired) electrons. The summed E-state index contributed by atoms with van der Waals surface area (Å²) in [5.74, 6) is 0.782. The van der Waals surface area contributed by atoms with E-state index in [0.717, 1.165) is 43.0 Å². The van der Waals surface area contributed by atoms with E-state index in [4.69, 9.17) is 9.72 Å². The van der Waals surface area contributed by atoms with Crippen LogP contribution in [0.3, 0.4) is 0 Å². The van der Waals surface area contributed by atoms with Gasteiger partial charge in [-0.2, -0.15) is 0 Å². The molecule has 2 aromatic rings. The van der Waals surface area contributed by atoms with Crippen LogP contribution in [-0.2, 0) is 17.9 Å². The fraction of sp³-hybridized carbons (Fsp3) is 0.450. The Labute approximate surface area is 154 Å². The molecule has 0 unspecified atom stereocenters. The summed E-state index contributed by atoms with van der Waals surface area (Å²) in [6, 6.07) is 9.50. The number of methoxy groups -OCH3 is 1. The maximum Gasteiger partial charge on any atom is 0.254 e. The molecule has 1 aromatic heterocycles. The van der Waals surface area contributed by atoms with E-state index in [1.165, 1.54) is 0 Å². The number of aromatic nitrogens is 2. The molecule has 138 valence electrons. The van der Waals surface area contributed by atoms with Gasteiger partial charge in [-0.25, -0.2) is 9.97 Å². The molecule has 0 spiro atoms. The summed E-state index contributed by atoms with van der Waals surface area (Å²) in [6.45, 7) is 2.05. The van der Waals surface area contributed by atoms with Crippen LogP contribution in [-0.4, -0.2) is 53.4 Å². The van der Waals surface area contributed by atoms with E-state index >= 15 is 0 Å². The lowest BCUT2D eigenvalue weighted by Crippen LogP contribution is -2.31. The van der Waals surface area contributed by atoms with Gasteiger partial charge >= 0.3 is 0 Å². The van der Waals surface area contributed by atoms with Crippen LogP contribution in [0.2, 0.25) is 0 Å². The van der Waals surface area contributed by atoms with Gasteiger partial charge in [0, 0.05) is 32.0 Å². The predicted molar refractivity (Wildman–Crippen MR) is 99.6 cm³/mol. The highest BCUT2D eigenvalue weighted by Crippen LogP contribution is 2.31. The van der Waals surface area contributed by atoms with Crippen molar-refractivity contribution in [2.45, 2.75) is 32.0 Å². The first-order valence-electron chi connectivity index (χ1n) is 8.94. The van der Waals surface area contributed by atoms with E-state index in [1.54, 1.807) is 13.3 Å². The van der Waals surface area contributed by atoms with E-state index in [-0.39, 0.29) is 11.9 Å². The summed E-state index contributed by atoms with van der Waals surface area (Å²) in [6.07, 6.45) is 3.67. The topological polar surface area (TPSA) is 58.6 Å². The first-order chi connectivity index (χ1) is 12.6. The lowest BCUT2D eigenvalue weighted by molar-refractivity contribution is 0.0729. The average molecular weight is 354 g/mol. The molecule has 1 aliphatic heterocycles. The largest absolute Gasteiger partial charge is 0.380 e. The van der Waals surface area contributed by atoms with Crippen LogP contribution in [0.4, 0.5) is 0 Å². The van der Waals surface area contributed by atoms with E-state index in [1.807, 2.05) is 49.3 Å². The van der Waals surface area contributed by atoms with Crippen molar-refractivity contribution in [2.24, 2.45) is 0 Å². The summed E-state index contributed by atoms with van der Waals surface area (Å²) in [5.41, 5.74) is 2.73. The van der Waals surface area contributed by atoms with Crippen LogP contribution < -0.4 is 0 Å². The van der Waals surface area contributed by atoms with E-state index < -0.39 is 0 Å². The molecular weight excluding hydrogens is 328 g/mol. The smallest absolute Gasteiger partial charge is 0.254 e. The number of likely N-dealkylation sites (tertiary alicyclic amines) is 1. The van der Waals surface area contributed by atoms with Crippen LogP contribution in [0, 0.1) is 0 Å². The molecule has 0 bridgehead atoms. The first-order valence-corrected chi connectivity index (χ1v) is 8.94. The molecule has 1 fully saturated rings. The Morgan fingerprint density at radius 1 is 1.27 bits per heavy atom. The molecule has 1 atom stereocenters. The SMILES string of the molecule is COCc1ccc(C(=O)N2CCC[C@H]2c2nccc(CN(C)C)n2)cc1. The maximum absolute atomic E-state index is 13.0. The molecule has 6 heteroatoms. The number of amides is 1. The number of hydrogen-bond acceptors (Lipinski definition) is 5. The third kappa shape index (κ3) is 4.26. The Kier molecular flexibility index (Phi) is 5.96. The summed E-state index contributed by atoms with van der Waals surface area (Å²) in [4.78, 5) is 26.1. The summed E-state index contributed by atoms with van der Waals surface area (Å²) < 4.78 is 5.13. The standard InChI is InChI=1S/C20H26N4O2/c1-23(2)13-17-10-11-21-19(22-17)18-5-4-12-24(18)20(25)16-8-6-15(7-9-16)14-26-3/h6-11,18H,4-5,12-14H2,1-3H3/t18-/m0/s1. The van der Waals surface area contributed by atoms with Gasteiger partial charge in [-0.3, -0.25) is 4.79 Å². The van der Waals surface area contributed by atoms with Crippen molar-refractivity contribution >= 4 is 5.91 Å². The van der Waals surface area contributed by atoms with Gasteiger partial charge < -0.3 is 14.5 Å². The van der Waals surface area contributed by atoms with Gasteiger partial charge in [0.15, 0.2) is 5.82 Å². The molecule has 1 amide bonds. The molecule has 1 saturated heterocycles. The molecular formula is C20H26N4O2. The lowest BCUT2D eigenvalue weighted by Gasteiger charge is -2.24. The maximum atomic E-state index is 13.0. The van der Waals surface area contributed by atoms with Crippen LogP contribution in [0.5, 0.6) is 0 Å². The second-order valence-corrected chi connectivity index (χ2v) is 6.93. The van der Waals surface area contributed by atoms with E-state index in [9.17, 15) is 4.79 Å². The van der Waals surface area contributed by atoms with Gasteiger partial charge in [-0.15, -0.1) is 0 Å². The molecule has 1 aliphatic rings. The van der Waals surface area contributed by atoms with E-state index in [2.05, 4.69) is 9.88 Å². The zero-order valence-corrected chi connectivity index (χ0v) is 15.7. The summed E-state index contributed by atoms with van der Waals surface area (Å²) in [5, 5.41) is 0. The quantitative estimate of drug-likeness (QED) is 0.798. The molecule has 0 aliphatic carbocycles. The highest BCUT2D eigenvalue weighted by molar-refractivity contribution is 5.94. The third-order valence-electron chi connectivity index (χ3n) is 4.53. The number of benzene rings is 1. The van der Waals surface area contributed by atoms with Crippen molar-refractivity contribution in [1.82, 2.24) is 19.8 Å². The Bertz CT molecular complexity index is 746. The molecule has 1 aromatic carbocycles. The molecule has 3 rings (SSSR count). The van der Waals surface area contributed by atoms with Crippen molar-refractivity contribution in [1.29, 1.82) is 0 Å². The fourth-order valence-electron chi connectivity index (χ4n) is 3.34. The summed E-state index contributed by atoms with van der Waals surface area (Å²) in [7, 11) is 5.69. The molecule has 0 N–H and O–H groups in total. The highest BCUT2D eigenvalue weighted by atomic mass is 16.5. The Morgan fingerprint density at radius 2 is 2.04 bits per heavy atom. The minimum absolute atomic E-state index is 0.0399. The Balaban J connectivity index is 1.78. The number of nitrogens with zero attached hydrogens (tertiary/aromatic N) is 4. The third-order valence-corrected chi connectivity index (χ3v) is 4.53. The van der Waals surface area contributed by atoms with Crippen LogP contribution in [0.1, 0.15) is 46.3 Å². The first kappa shape index (κ1) is 18.5. The number of rotatable bonds is 6. The molecule has 26 heavy (non-hydrogen) atoms. The molecule has 0 saturated carbocycles. The second-order valence-electron chi connectivity index (χ2n) is 6.93. The number of carbonyl (C=O) groups excluding carboxylic acids is 1. The van der Waals surface area contributed by atoms with Gasteiger partial charge in [0.05, 0.1) is 18.3 Å². The van der Waals surface area contributed by atoms with Gasteiger partial charge in [0.1, 0.15) is 0 Å². The number of hydrogen-bond donors (Lipinski definition) is 0. The number of carbonyl (C=O) groups is 1. The zero-order valence-electron chi connectivity index (χ0n) is 15.7. The summed E-state index contributed by atoms with van der Waals surface area (Å²) >= 11 is 0. The Morgan fingerprint density at radius 3 is 2.73 bits per heavy atom. The minimum Gasteiger partial charge on any atom is -0.380 e. The van der Waals surface area contributed by atoms with Crippen molar-refractivity contribution in [3.8, 4) is 0 Å². The van der Waals surface area contributed by atoms with Crippen LogP contribution in [0.25, 0.3) is 0 Å². The van der Waals surface area contributed by atoms with Crippen molar-refractivity contribution in [2.75, 3.05) is 27.7 Å². The van der Waals surface area contributed by atoms with Crippen molar-refractivity contribution in [3.05, 3.63) is 59.2 Å². The lowest BCUT2D eigenvalue weighted by atomic mass is 10.1. The van der Waals surface area contributed by atoms with Gasteiger partial charge in [-0.1, -0.05) is 12.1 Å². The van der Waals surface area contributed by atoms with Crippen LogP contribution in [0.15, 0.2) is 36.5 Å². The fourth-order valence-corrected chi connectivity index (χ4v) is 3.34. The van der Waals surface area contributed by atoms with Crippen molar-refractivity contribution in [3.63, 3.8) is 0 Å². The minimum atomic E-state index is -0.0525. The predicted octanol–water partition coefficient (Wildman–Crippen LogP) is 2.66. The van der Waals surface area contributed by atoms with E-state index in [0.29, 0.717) is 12.2 Å². The monoisotopic (exact) mass is 354 g/mol.